The molecular weight excluding hydrogens is 656 g/mol. The van der Waals surface area contributed by atoms with E-state index in [1.807, 2.05) is 30.3 Å². The van der Waals surface area contributed by atoms with Crippen molar-refractivity contribution in [3.8, 4) is 11.5 Å². The third-order valence-electron chi connectivity index (χ3n) is 7.37. The van der Waals surface area contributed by atoms with E-state index in [1.54, 1.807) is 12.1 Å². The number of carbonyl (C=O) groups is 2. The Morgan fingerprint density at radius 2 is 1.61 bits per heavy atom. The van der Waals surface area contributed by atoms with Crippen molar-refractivity contribution in [2.75, 3.05) is 31.1 Å². The topological polar surface area (TPSA) is 105 Å². The quantitative estimate of drug-likeness (QED) is 0.224. The molecule has 2 amide bonds. The van der Waals surface area contributed by atoms with Gasteiger partial charge in [-0.2, -0.15) is 0 Å². The van der Waals surface area contributed by atoms with Crippen molar-refractivity contribution < 1.29 is 31.9 Å². The van der Waals surface area contributed by atoms with Gasteiger partial charge in [-0.3, -0.25) is 13.9 Å². The third kappa shape index (κ3) is 7.55. The van der Waals surface area contributed by atoms with Gasteiger partial charge in [-0.1, -0.05) is 59.6 Å². The van der Waals surface area contributed by atoms with E-state index in [0.29, 0.717) is 22.9 Å². The van der Waals surface area contributed by atoms with Crippen molar-refractivity contribution >= 4 is 50.7 Å². The van der Waals surface area contributed by atoms with Crippen LogP contribution in [-0.2, 0) is 32.6 Å². The SMILES string of the molecule is CNC(=O)C(Cc1ccccc1)N(Cc1ccc(Cl)cc1Cl)C(=O)CN(c1ccc(F)cc1)S(=O)(=O)c1ccc2c(c1)OCCO2. The number of sulfonamides is 1. The summed E-state index contributed by atoms with van der Waals surface area (Å²) in [6.45, 7) is -0.309. The van der Waals surface area contributed by atoms with Gasteiger partial charge in [-0.25, -0.2) is 12.8 Å². The summed E-state index contributed by atoms with van der Waals surface area (Å²) in [7, 11) is -2.99. The van der Waals surface area contributed by atoms with Gasteiger partial charge >= 0.3 is 0 Å². The highest BCUT2D eigenvalue weighted by Crippen LogP contribution is 2.34. The van der Waals surface area contributed by atoms with Crippen LogP contribution in [0.4, 0.5) is 10.1 Å². The Kier molecular flexibility index (Phi) is 10.4. The minimum atomic E-state index is -4.44. The van der Waals surface area contributed by atoms with Crippen LogP contribution in [0.15, 0.2) is 95.9 Å². The van der Waals surface area contributed by atoms with Gasteiger partial charge in [0.05, 0.1) is 10.6 Å². The standard InChI is InChI=1S/C33H30Cl2FN3O6S/c1-37-33(41)29(17-22-5-3-2-4-6-22)38(20-23-7-8-24(34)18-28(23)35)32(40)21-39(26-11-9-25(36)10-12-26)46(42,43)27-13-14-30-31(19-27)45-16-15-44-30/h2-14,18-19,29H,15-17,20-21H2,1H3,(H,37,41). The fraction of sp³-hybridized carbons (Fsp3) is 0.212. The maximum absolute atomic E-state index is 14.4. The molecule has 0 saturated heterocycles. The smallest absolute Gasteiger partial charge is 0.264 e. The van der Waals surface area contributed by atoms with Gasteiger partial charge in [0.2, 0.25) is 11.8 Å². The molecule has 46 heavy (non-hydrogen) atoms. The van der Waals surface area contributed by atoms with Crippen molar-refractivity contribution in [2.45, 2.75) is 23.9 Å². The van der Waals surface area contributed by atoms with E-state index in [1.165, 1.54) is 48.3 Å². The lowest BCUT2D eigenvalue weighted by atomic mass is 10.0. The number of nitrogens with one attached hydrogen (secondary N) is 1. The highest BCUT2D eigenvalue weighted by Gasteiger charge is 2.35. The first-order valence-electron chi connectivity index (χ1n) is 14.2. The predicted molar refractivity (Wildman–Crippen MR) is 173 cm³/mol. The summed E-state index contributed by atoms with van der Waals surface area (Å²) < 4.78 is 54.4. The molecule has 9 nitrogen and oxygen atoms in total. The van der Waals surface area contributed by atoms with Gasteiger partial charge in [0.15, 0.2) is 11.5 Å². The van der Waals surface area contributed by atoms with E-state index in [2.05, 4.69) is 5.32 Å². The maximum Gasteiger partial charge on any atom is 0.264 e. The molecule has 0 fully saturated rings. The molecule has 0 spiro atoms. The summed E-state index contributed by atoms with van der Waals surface area (Å²) in [5.74, 6) is -1.14. The van der Waals surface area contributed by atoms with Crippen LogP contribution in [0, 0.1) is 5.82 Å². The molecule has 0 bridgehead atoms. The zero-order valence-corrected chi connectivity index (χ0v) is 27.0. The second-order valence-corrected chi connectivity index (χ2v) is 13.1. The number of benzene rings is 4. The largest absolute Gasteiger partial charge is 0.486 e. The van der Waals surface area contributed by atoms with Crippen molar-refractivity contribution in [2.24, 2.45) is 0 Å². The number of rotatable bonds is 11. The normalized spacial score (nSPS) is 13.0. The fourth-order valence-corrected chi connectivity index (χ4v) is 6.90. The molecule has 1 aliphatic heterocycles. The number of amides is 2. The van der Waals surface area contributed by atoms with Gasteiger partial charge in [0, 0.05) is 36.1 Å². The van der Waals surface area contributed by atoms with E-state index in [0.717, 1.165) is 22.0 Å². The molecule has 1 unspecified atom stereocenters. The minimum absolute atomic E-state index is 0.0358. The highest BCUT2D eigenvalue weighted by molar-refractivity contribution is 7.92. The third-order valence-corrected chi connectivity index (χ3v) is 9.73. The van der Waals surface area contributed by atoms with Crippen molar-refractivity contribution in [3.63, 3.8) is 0 Å². The molecule has 0 aliphatic carbocycles. The van der Waals surface area contributed by atoms with Gasteiger partial charge in [0.1, 0.15) is 31.6 Å². The lowest BCUT2D eigenvalue weighted by molar-refractivity contribution is -0.139. The number of hydrogen-bond donors (Lipinski definition) is 1. The van der Waals surface area contributed by atoms with Crippen LogP contribution in [0.2, 0.25) is 10.0 Å². The Labute approximate surface area is 276 Å². The Morgan fingerprint density at radius 3 is 2.28 bits per heavy atom. The highest BCUT2D eigenvalue weighted by atomic mass is 35.5. The molecule has 13 heteroatoms. The zero-order chi connectivity index (χ0) is 32.8. The zero-order valence-electron chi connectivity index (χ0n) is 24.7. The van der Waals surface area contributed by atoms with Crippen LogP contribution < -0.4 is 19.1 Å². The van der Waals surface area contributed by atoms with Gasteiger partial charge in [0.25, 0.3) is 10.0 Å². The number of likely N-dealkylation sites (N-methyl/N-ethyl adjacent to an activating group) is 1. The fourth-order valence-electron chi connectivity index (χ4n) is 5.00. The number of carbonyl (C=O) groups excluding carboxylic acids is 2. The van der Waals surface area contributed by atoms with Crippen LogP contribution in [0.1, 0.15) is 11.1 Å². The number of hydrogen-bond acceptors (Lipinski definition) is 6. The summed E-state index contributed by atoms with van der Waals surface area (Å²) >= 11 is 12.6. The van der Waals surface area contributed by atoms with Crippen LogP contribution in [0.25, 0.3) is 0 Å². The van der Waals surface area contributed by atoms with Crippen molar-refractivity contribution in [1.82, 2.24) is 10.2 Å². The number of halogens is 3. The van der Waals surface area contributed by atoms with Crippen molar-refractivity contribution in [3.05, 3.63) is 118 Å². The summed E-state index contributed by atoms with van der Waals surface area (Å²) in [6, 6.07) is 21.7. The molecule has 1 atom stereocenters. The molecule has 4 aromatic carbocycles. The Hall–Kier alpha value is -4.32. The second kappa shape index (κ2) is 14.4. The summed E-state index contributed by atoms with van der Waals surface area (Å²) in [6.07, 6.45) is 0.128. The number of anilines is 1. The van der Waals surface area contributed by atoms with Crippen LogP contribution in [-0.4, -0.2) is 58.0 Å². The van der Waals surface area contributed by atoms with Gasteiger partial charge < -0.3 is 19.7 Å². The van der Waals surface area contributed by atoms with E-state index < -0.39 is 40.2 Å². The molecule has 0 aromatic heterocycles. The van der Waals surface area contributed by atoms with Gasteiger partial charge in [-0.15, -0.1) is 0 Å². The minimum Gasteiger partial charge on any atom is -0.486 e. The van der Waals surface area contributed by atoms with E-state index in [-0.39, 0.29) is 40.9 Å². The van der Waals surface area contributed by atoms with E-state index in [4.69, 9.17) is 32.7 Å². The Balaban J connectivity index is 1.57. The van der Waals surface area contributed by atoms with E-state index >= 15 is 0 Å². The maximum atomic E-state index is 14.4. The Bertz CT molecular complexity index is 1830. The van der Waals surface area contributed by atoms with E-state index in [9.17, 15) is 22.4 Å². The molecule has 1 aliphatic rings. The molecule has 5 rings (SSSR count). The first kappa shape index (κ1) is 33.1. The average Bonchev–Trinajstić information content (AvgIpc) is 3.06. The monoisotopic (exact) mass is 685 g/mol. The number of nitrogens with zero attached hydrogens (tertiary/aromatic N) is 2. The molecule has 1 heterocycles. The first-order valence-corrected chi connectivity index (χ1v) is 16.4. The molecular formula is C33H30Cl2FN3O6S. The van der Waals surface area contributed by atoms with Crippen LogP contribution in [0.3, 0.4) is 0 Å². The molecule has 0 saturated carbocycles. The van der Waals surface area contributed by atoms with Crippen molar-refractivity contribution in [1.29, 1.82) is 0 Å². The summed E-state index contributed by atoms with van der Waals surface area (Å²) in [5, 5.41) is 3.27. The Morgan fingerprint density at radius 1 is 0.913 bits per heavy atom. The lowest BCUT2D eigenvalue weighted by Crippen LogP contribution is -2.53. The number of fused-ring (bicyclic) bond motifs is 1. The molecule has 240 valence electrons. The lowest BCUT2D eigenvalue weighted by Gasteiger charge is -2.34. The second-order valence-electron chi connectivity index (χ2n) is 10.4. The molecule has 1 N–H and O–H groups in total. The number of ether oxygens (including phenoxy) is 2. The predicted octanol–water partition coefficient (Wildman–Crippen LogP) is 5.49. The summed E-state index contributed by atoms with van der Waals surface area (Å²) in [4.78, 5) is 28.9. The first-order chi connectivity index (χ1) is 22.1. The average molecular weight is 687 g/mol. The van der Waals surface area contributed by atoms with Crippen LogP contribution >= 0.6 is 23.2 Å². The molecule has 4 aromatic rings. The summed E-state index contributed by atoms with van der Waals surface area (Å²) in [5.41, 5.74) is 1.30. The molecule has 0 radical (unpaired) electrons. The van der Waals surface area contributed by atoms with Gasteiger partial charge in [-0.05, 0) is 59.7 Å². The van der Waals surface area contributed by atoms with Crippen LogP contribution in [0.5, 0.6) is 11.5 Å².